The Kier molecular flexibility index (Phi) is 9920. The quantitative estimate of drug-likeness (QED) is 0.386. The van der Waals surface area contributed by atoms with Gasteiger partial charge in [-0.1, -0.05) is 0 Å². The molecule has 0 aliphatic carbocycles. The van der Waals surface area contributed by atoms with E-state index in [1.165, 1.54) is 0 Å². The minimum Gasteiger partial charge on any atom is -1.00 e. The van der Waals surface area contributed by atoms with Gasteiger partial charge < -0.3 is 24.0 Å². The predicted octanol–water partition coefficient (Wildman–Crippen LogP) is -4.19. The van der Waals surface area contributed by atoms with Crippen molar-refractivity contribution in [1.82, 2.24) is 0 Å². The Balaban J connectivity index is -0.00000000500. The van der Waals surface area contributed by atoms with Crippen molar-refractivity contribution in [3.05, 3.63) is 0 Å². The molecule has 46 valence electrons. The Labute approximate surface area is 78.6 Å². The van der Waals surface area contributed by atoms with Gasteiger partial charge in [0.2, 0.25) is 0 Å². The minimum atomic E-state index is 0. The monoisotopic (exact) mass is 404 g/mol. The SMILES string of the molecule is [C]=O.[C]=O.[C]=O.[I-].[Ir+]. The first-order valence-corrected chi connectivity index (χ1v) is 0.612. The molecule has 0 unspecified atom stereocenters. The van der Waals surface area contributed by atoms with Crippen LogP contribution in [0.15, 0.2) is 0 Å². The first-order chi connectivity index (χ1) is 3.00. The second-order valence-electron chi connectivity index (χ2n) is 0. The standard InChI is InChI=1S/3CO.HI.Ir/c3*1-2;;/h;;;1H;/q;;;;+1/p-1. The van der Waals surface area contributed by atoms with Gasteiger partial charge in [0.05, 0.1) is 0 Å². The van der Waals surface area contributed by atoms with E-state index in [0.29, 0.717) is 0 Å². The van der Waals surface area contributed by atoms with Crippen molar-refractivity contribution in [3.8, 4) is 0 Å². The molecule has 0 aromatic carbocycles. The van der Waals surface area contributed by atoms with Gasteiger partial charge in [-0.25, -0.2) is 0 Å². The van der Waals surface area contributed by atoms with Gasteiger partial charge >= 0.3 is 20.1 Å². The fraction of sp³-hybridized carbons (Fsp3) is 0. The Hall–Kier alpha value is 0.389. The Bertz CT molecular complexity index is 19.2. The maximum atomic E-state index is 7.50. The third kappa shape index (κ3) is 1220. The molecule has 0 heterocycles. The minimum absolute atomic E-state index is 0. The van der Waals surface area contributed by atoms with Gasteiger partial charge in [0.1, 0.15) is 0 Å². The zero-order chi connectivity index (χ0) is 6.00. The van der Waals surface area contributed by atoms with Crippen LogP contribution in [0.5, 0.6) is 0 Å². The van der Waals surface area contributed by atoms with E-state index in [4.69, 9.17) is 14.4 Å². The second kappa shape index (κ2) is 1990. The van der Waals surface area contributed by atoms with Gasteiger partial charge in [-0.15, -0.1) is 0 Å². The molecule has 3 nitrogen and oxygen atoms in total. The molecular formula is C3IIrO3. The molecule has 0 atom stereocenters. The largest absolute Gasteiger partial charge is 1.00 e. The van der Waals surface area contributed by atoms with E-state index in [1.807, 2.05) is 0 Å². The molecule has 8 heavy (non-hydrogen) atoms. The topological polar surface area (TPSA) is 51.2 Å². The Morgan fingerprint density at radius 2 is 0.625 bits per heavy atom. The molecule has 0 bridgehead atoms. The fourth-order valence-corrected chi connectivity index (χ4v) is 0. The average molecular weight is 403 g/mol. The van der Waals surface area contributed by atoms with Crippen LogP contribution < -0.4 is 24.0 Å². The first kappa shape index (κ1) is 39.9. The third-order valence-electron chi connectivity index (χ3n) is 0. The van der Waals surface area contributed by atoms with E-state index < -0.39 is 0 Å². The summed E-state index contributed by atoms with van der Waals surface area (Å²) in [6.45, 7) is 13.5. The van der Waals surface area contributed by atoms with Gasteiger partial charge in [-0.05, 0) is 0 Å². The summed E-state index contributed by atoms with van der Waals surface area (Å²) in [6.07, 6.45) is 0. The van der Waals surface area contributed by atoms with Crippen LogP contribution in [0.25, 0.3) is 0 Å². The Morgan fingerprint density at radius 3 is 0.625 bits per heavy atom. The summed E-state index contributed by atoms with van der Waals surface area (Å²) in [6, 6.07) is 0. The summed E-state index contributed by atoms with van der Waals surface area (Å²) in [4.78, 5) is 22.5. The molecule has 0 saturated carbocycles. The van der Waals surface area contributed by atoms with Crippen molar-refractivity contribution >= 4 is 20.4 Å². The van der Waals surface area contributed by atoms with Gasteiger partial charge in [0, 0.05) is 0 Å². The maximum absolute atomic E-state index is 7.50. The van der Waals surface area contributed by atoms with Gasteiger partial charge in [0.15, 0.2) is 0 Å². The van der Waals surface area contributed by atoms with Crippen LogP contribution in [0, 0.1) is 0 Å². The van der Waals surface area contributed by atoms with Crippen LogP contribution in [0.4, 0.5) is 0 Å². The number of hydrogen-bond acceptors (Lipinski definition) is 3. The van der Waals surface area contributed by atoms with Crippen molar-refractivity contribution in [2.45, 2.75) is 0 Å². The summed E-state index contributed by atoms with van der Waals surface area (Å²) >= 11 is 0. The van der Waals surface area contributed by atoms with E-state index in [2.05, 4.69) is 20.4 Å². The molecule has 0 spiro atoms. The summed E-state index contributed by atoms with van der Waals surface area (Å²) in [5.74, 6) is 0. The molecule has 0 rings (SSSR count). The zero-order valence-electron chi connectivity index (χ0n) is 3.44. The molecule has 5 heteroatoms. The fourth-order valence-electron chi connectivity index (χ4n) is 0. The smallest absolute Gasteiger partial charge is 1.00 e. The Morgan fingerprint density at radius 1 is 0.625 bits per heavy atom. The van der Waals surface area contributed by atoms with E-state index in [9.17, 15) is 0 Å². The van der Waals surface area contributed by atoms with E-state index in [0.717, 1.165) is 0 Å². The molecule has 0 fully saturated rings. The first-order valence-electron chi connectivity index (χ1n) is 0.612. The number of rotatable bonds is 0. The molecule has 0 N–H and O–H groups in total. The van der Waals surface area contributed by atoms with Crippen LogP contribution in [0.3, 0.4) is 0 Å². The average Bonchev–Trinajstić information content (AvgIpc) is 1.81. The normalized spacial score (nSPS) is 1.50. The summed E-state index contributed by atoms with van der Waals surface area (Å²) in [7, 11) is 0. The van der Waals surface area contributed by atoms with E-state index >= 15 is 0 Å². The molecule has 0 amide bonds. The summed E-state index contributed by atoms with van der Waals surface area (Å²) < 4.78 is 0. The molecule has 0 aliphatic rings. The molecular weight excluding hydrogens is 403 g/mol. The summed E-state index contributed by atoms with van der Waals surface area (Å²) in [5, 5.41) is 0. The van der Waals surface area contributed by atoms with Crippen molar-refractivity contribution in [1.29, 1.82) is 0 Å². The number of carbonyl (C=O) groups excluding carboxylic acids is 3. The van der Waals surface area contributed by atoms with Crippen LogP contribution >= 0.6 is 0 Å². The predicted molar refractivity (Wildman–Crippen MR) is 17.1 cm³/mol. The molecule has 0 aromatic rings. The number of hydrogen-bond donors (Lipinski definition) is 0. The van der Waals surface area contributed by atoms with Gasteiger partial charge in [0.25, 0.3) is 20.4 Å². The molecule has 0 aromatic heterocycles. The molecule has 6 radical (unpaired) electrons. The van der Waals surface area contributed by atoms with Crippen LogP contribution in [0.1, 0.15) is 0 Å². The van der Waals surface area contributed by atoms with E-state index in [1.54, 1.807) is 0 Å². The maximum Gasteiger partial charge on any atom is 1.00 e. The van der Waals surface area contributed by atoms with Crippen LogP contribution in [-0.4, -0.2) is 20.4 Å². The number of halogens is 1. The zero-order valence-corrected chi connectivity index (χ0v) is 7.99. The van der Waals surface area contributed by atoms with Crippen molar-refractivity contribution in [3.63, 3.8) is 0 Å². The van der Waals surface area contributed by atoms with Crippen molar-refractivity contribution in [2.24, 2.45) is 0 Å². The van der Waals surface area contributed by atoms with E-state index in [-0.39, 0.29) is 44.1 Å². The third-order valence-corrected chi connectivity index (χ3v) is 0. The van der Waals surface area contributed by atoms with Crippen molar-refractivity contribution in [2.75, 3.05) is 0 Å². The van der Waals surface area contributed by atoms with Gasteiger partial charge in [-0.2, -0.15) is 0 Å². The van der Waals surface area contributed by atoms with Gasteiger partial charge in [-0.3, -0.25) is 14.4 Å². The molecule has 0 aliphatic heterocycles. The molecule has 0 saturated heterocycles. The van der Waals surface area contributed by atoms with Crippen LogP contribution in [0.2, 0.25) is 0 Å². The summed E-state index contributed by atoms with van der Waals surface area (Å²) in [5.41, 5.74) is 0. The second-order valence-corrected chi connectivity index (χ2v) is 0. The van der Waals surface area contributed by atoms with Crippen LogP contribution in [-0.2, 0) is 34.5 Å². The van der Waals surface area contributed by atoms with Crippen molar-refractivity contribution < 1.29 is 58.5 Å².